The third-order valence-corrected chi connectivity index (χ3v) is 4.54. The van der Waals surface area contributed by atoms with Gasteiger partial charge < -0.3 is 5.11 Å². The molecule has 0 aliphatic carbocycles. The second-order valence-corrected chi connectivity index (χ2v) is 6.33. The molecule has 1 aromatic rings. The molecule has 0 spiro atoms. The van der Waals surface area contributed by atoms with E-state index in [1.807, 2.05) is 19.9 Å². The van der Waals surface area contributed by atoms with Gasteiger partial charge in [0.15, 0.2) is 0 Å². The molecule has 6 heteroatoms. The van der Waals surface area contributed by atoms with Crippen LogP contribution in [0.5, 0.6) is 0 Å². The van der Waals surface area contributed by atoms with Crippen LogP contribution < -0.4 is 4.72 Å². The van der Waals surface area contributed by atoms with Gasteiger partial charge in [-0.15, -0.1) is 0 Å². The number of carboxylic acids is 1. The molecule has 1 aromatic carbocycles. The van der Waals surface area contributed by atoms with Gasteiger partial charge in [-0.05, 0) is 49.9 Å². The number of aryl methyl sites for hydroxylation is 3. The highest BCUT2D eigenvalue weighted by atomic mass is 32.2. The predicted octanol–water partition coefficient (Wildman–Crippen LogP) is 1.75. The van der Waals surface area contributed by atoms with Crippen LogP contribution in [0.1, 0.15) is 29.5 Å². The topological polar surface area (TPSA) is 83.5 Å². The maximum atomic E-state index is 12.1. The van der Waals surface area contributed by atoms with E-state index < -0.39 is 16.0 Å². The van der Waals surface area contributed by atoms with Crippen molar-refractivity contribution >= 4 is 16.0 Å². The lowest BCUT2D eigenvalue weighted by atomic mass is 10.1. The first-order valence-electron chi connectivity index (χ1n) is 6.03. The van der Waals surface area contributed by atoms with E-state index >= 15 is 0 Å². The van der Waals surface area contributed by atoms with Crippen LogP contribution in [0.25, 0.3) is 0 Å². The van der Waals surface area contributed by atoms with Gasteiger partial charge in [0.1, 0.15) is 0 Å². The average Bonchev–Trinajstić information content (AvgIpc) is 2.29. The summed E-state index contributed by atoms with van der Waals surface area (Å²) in [5.74, 6) is -0.929. The van der Waals surface area contributed by atoms with Crippen LogP contribution in [0, 0.1) is 20.8 Å². The minimum Gasteiger partial charge on any atom is -0.481 e. The summed E-state index contributed by atoms with van der Waals surface area (Å²) in [6.45, 7) is 5.66. The van der Waals surface area contributed by atoms with Crippen molar-refractivity contribution in [1.29, 1.82) is 0 Å². The lowest BCUT2D eigenvalue weighted by Crippen LogP contribution is -2.26. The highest BCUT2D eigenvalue weighted by Gasteiger charge is 2.17. The van der Waals surface area contributed by atoms with Crippen LogP contribution in [0.15, 0.2) is 17.0 Å². The Hall–Kier alpha value is -1.40. The summed E-state index contributed by atoms with van der Waals surface area (Å²) in [7, 11) is -3.57. The average molecular weight is 285 g/mol. The second kappa shape index (κ2) is 6.16. The van der Waals surface area contributed by atoms with Crippen molar-refractivity contribution in [3.05, 3.63) is 28.8 Å². The Labute approximate surface area is 113 Å². The maximum absolute atomic E-state index is 12.1. The molecule has 0 aliphatic rings. The van der Waals surface area contributed by atoms with Gasteiger partial charge in [-0.1, -0.05) is 6.07 Å². The van der Waals surface area contributed by atoms with Gasteiger partial charge in [0.2, 0.25) is 10.0 Å². The van der Waals surface area contributed by atoms with Crippen molar-refractivity contribution in [1.82, 2.24) is 4.72 Å². The van der Waals surface area contributed by atoms with E-state index in [2.05, 4.69) is 4.72 Å². The number of benzene rings is 1. The molecule has 0 atom stereocenters. The number of aliphatic carboxylic acids is 1. The molecule has 106 valence electrons. The Morgan fingerprint density at radius 2 is 1.74 bits per heavy atom. The minimum absolute atomic E-state index is 0.0472. The molecule has 0 heterocycles. The predicted molar refractivity (Wildman–Crippen MR) is 72.7 cm³/mol. The number of rotatable bonds is 6. The fraction of sp³-hybridized carbons (Fsp3) is 0.462. The Kier molecular flexibility index (Phi) is 5.08. The Morgan fingerprint density at radius 1 is 1.16 bits per heavy atom. The van der Waals surface area contributed by atoms with Crippen molar-refractivity contribution in [2.75, 3.05) is 6.54 Å². The highest BCUT2D eigenvalue weighted by Crippen LogP contribution is 2.19. The molecule has 0 unspecified atom stereocenters. The van der Waals surface area contributed by atoms with E-state index in [0.29, 0.717) is 5.56 Å². The van der Waals surface area contributed by atoms with E-state index in [0.717, 1.165) is 11.1 Å². The largest absolute Gasteiger partial charge is 0.481 e. The zero-order chi connectivity index (χ0) is 14.6. The Morgan fingerprint density at radius 3 is 2.32 bits per heavy atom. The molecule has 0 amide bonds. The first-order valence-corrected chi connectivity index (χ1v) is 7.51. The summed E-state index contributed by atoms with van der Waals surface area (Å²) in [6, 6.07) is 3.48. The number of sulfonamides is 1. The fourth-order valence-electron chi connectivity index (χ4n) is 1.75. The third kappa shape index (κ3) is 4.33. The van der Waals surface area contributed by atoms with Crippen molar-refractivity contribution in [3.63, 3.8) is 0 Å². The number of carboxylic acid groups (broad SMARTS) is 1. The van der Waals surface area contributed by atoms with Gasteiger partial charge in [-0.25, -0.2) is 13.1 Å². The second-order valence-electron chi connectivity index (χ2n) is 4.60. The van der Waals surface area contributed by atoms with Crippen molar-refractivity contribution in [2.24, 2.45) is 0 Å². The van der Waals surface area contributed by atoms with Crippen LogP contribution in [-0.2, 0) is 14.8 Å². The van der Waals surface area contributed by atoms with E-state index in [4.69, 9.17) is 5.11 Å². The number of carbonyl (C=O) groups is 1. The van der Waals surface area contributed by atoms with Crippen LogP contribution in [-0.4, -0.2) is 26.0 Å². The molecule has 0 fully saturated rings. The zero-order valence-corrected chi connectivity index (χ0v) is 12.2. The SMILES string of the molecule is Cc1cc(C)c(S(=O)(=O)NCCCC(=O)O)cc1C. The zero-order valence-electron chi connectivity index (χ0n) is 11.4. The van der Waals surface area contributed by atoms with Crippen molar-refractivity contribution < 1.29 is 18.3 Å². The molecule has 19 heavy (non-hydrogen) atoms. The van der Waals surface area contributed by atoms with Gasteiger partial charge in [-0.2, -0.15) is 0 Å². The molecule has 1 rings (SSSR count). The molecule has 0 aliphatic heterocycles. The lowest BCUT2D eigenvalue weighted by Gasteiger charge is -2.11. The van der Waals surface area contributed by atoms with E-state index in [9.17, 15) is 13.2 Å². The molecule has 0 saturated heterocycles. The molecule has 2 N–H and O–H groups in total. The summed E-state index contributed by atoms with van der Waals surface area (Å²) in [4.78, 5) is 10.6. The van der Waals surface area contributed by atoms with E-state index in [1.54, 1.807) is 13.0 Å². The van der Waals surface area contributed by atoms with Crippen molar-refractivity contribution in [2.45, 2.75) is 38.5 Å². The fourth-order valence-corrected chi connectivity index (χ4v) is 3.13. The highest BCUT2D eigenvalue weighted by molar-refractivity contribution is 7.89. The summed E-state index contributed by atoms with van der Waals surface area (Å²) in [6.07, 6.45) is 0.229. The Bertz CT molecular complexity index is 579. The van der Waals surface area contributed by atoms with Gasteiger partial charge in [0.05, 0.1) is 4.90 Å². The number of nitrogens with one attached hydrogen (secondary N) is 1. The van der Waals surface area contributed by atoms with Crippen LogP contribution in [0.4, 0.5) is 0 Å². The quantitative estimate of drug-likeness (QED) is 0.780. The third-order valence-electron chi connectivity index (χ3n) is 2.94. The van der Waals surface area contributed by atoms with Crippen molar-refractivity contribution in [3.8, 4) is 0 Å². The van der Waals surface area contributed by atoms with E-state index in [-0.39, 0.29) is 24.3 Å². The summed E-state index contributed by atoms with van der Waals surface area (Å²) in [5, 5.41) is 8.49. The molecule has 5 nitrogen and oxygen atoms in total. The first-order chi connectivity index (χ1) is 8.74. The first kappa shape index (κ1) is 15.7. The Balaban J connectivity index is 2.83. The van der Waals surface area contributed by atoms with Crippen LogP contribution in [0.2, 0.25) is 0 Å². The van der Waals surface area contributed by atoms with Gasteiger partial charge in [0.25, 0.3) is 0 Å². The van der Waals surface area contributed by atoms with Crippen LogP contribution in [0.3, 0.4) is 0 Å². The minimum atomic E-state index is -3.57. The van der Waals surface area contributed by atoms with E-state index in [1.165, 1.54) is 0 Å². The van der Waals surface area contributed by atoms with Gasteiger partial charge in [0, 0.05) is 13.0 Å². The summed E-state index contributed by atoms with van der Waals surface area (Å²) in [5.41, 5.74) is 2.65. The standard InChI is InChI=1S/C13H19NO4S/c1-9-7-11(3)12(8-10(9)2)19(17,18)14-6-4-5-13(15)16/h7-8,14H,4-6H2,1-3H3,(H,15,16). The molecular formula is C13H19NO4S. The molecule has 0 radical (unpaired) electrons. The van der Waals surface area contributed by atoms with Crippen LogP contribution >= 0.6 is 0 Å². The smallest absolute Gasteiger partial charge is 0.303 e. The molecular weight excluding hydrogens is 266 g/mol. The number of hydrogen-bond acceptors (Lipinski definition) is 3. The summed E-state index contributed by atoms with van der Waals surface area (Å²) < 4.78 is 26.6. The monoisotopic (exact) mass is 285 g/mol. The van der Waals surface area contributed by atoms with Gasteiger partial charge in [-0.3, -0.25) is 4.79 Å². The number of hydrogen-bond donors (Lipinski definition) is 2. The molecule has 0 bridgehead atoms. The molecule has 0 aromatic heterocycles. The maximum Gasteiger partial charge on any atom is 0.303 e. The molecule has 0 saturated carbocycles. The lowest BCUT2D eigenvalue weighted by molar-refractivity contribution is -0.137. The van der Waals surface area contributed by atoms with Gasteiger partial charge >= 0.3 is 5.97 Å². The summed E-state index contributed by atoms with van der Waals surface area (Å²) >= 11 is 0. The normalized spacial score (nSPS) is 11.5.